The maximum atomic E-state index is 12.7. The van der Waals surface area contributed by atoms with Crippen molar-refractivity contribution in [2.75, 3.05) is 26.8 Å². The standard InChI is InChI=1S/C14H23FN2O2/c1-11(2)17(8-9-19-3)7-6-14(18)13-5-4-12(15)10-16-13/h4-5,10-11,14,18H,6-9H2,1-3H3. The van der Waals surface area contributed by atoms with Crippen molar-refractivity contribution in [3.8, 4) is 0 Å². The topological polar surface area (TPSA) is 45.6 Å². The van der Waals surface area contributed by atoms with Gasteiger partial charge in [0.25, 0.3) is 0 Å². The monoisotopic (exact) mass is 270 g/mol. The second-order valence-corrected chi connectivity index (χ2v) is 4.83. The van der Waals surface area contributed by atoms with Gasteiger partial charge in [-0.2, -0.15) is 0 Å². The second-order valence-electron chi connectivity index (χ2n) is 4.83. The number of halogens is 1. The first-order valence-corrected chi connectivity index (χ1v) is 6.57. The van der Waals surface area contributed by atoms with Crippen LogP contribution in [0.25, 0.3) is 0 Å². The number of methoxy groups -OCH3 is 1. The van der Waals surface area contributed by atoms with Gasteiger partial charge in [0.2, 0.25) is 0 Å². The van der Waals surface area contributed by atoms with Crippen molar-refractivity contribution in [2.45, 2.75) is 32.4 Å². The van der Waals surface area contributed by atoms with Crippen molar-refractivity contribution >= 4 is 0 Å². The number of aromatic nitrogens is 1. The average Bonchev–Trinajstić information content (AvgIpc) is 2.39. The molecule has 4 nitrogen and oxygen atoms in total. The van der Waals surface area contributed by atoms with Crippen molar-refractivity contribution in [1.29, 1.82) is 0 Å². The van der Waals surface area contributed by atoms with Gasteiger partial charge in [0.05, 0.1) is 24.6 Å². The van der Waals surface area contributed by atoms with Crippen LogP contribution in [0, 0.1) is 5.82 Å². The van der Waals surface area contributed by atoms with E-state index >= 15 is 0 Å². The van der Waals surface area contributed by atoms with E-state index in [1.54, 1.807) is 7.11 Å². The van der Waals surface area contributed by atoms with E-state index < -0.39 is 6.10 Å². The molecule has 0 amide bonds. The van der Waals surface area contributed by atoms with E-state index in [9.17, 15) is 9.50 Å². The zero-order valence-corrected chi connectivity index (χ0v) is 11.8. The van der Waals surface area contributed by atoms with Crippen LogP contribution < -0.4 is 0 Å². The van der Waals surface area contributed by atoms with Gasteiger partial charge in [-0.3, -0.25) is 9.88 Å². The minimum atomic E-state index is -0.663. The van der Waals surface area contributed by atoms with Gasteiger partial charge in [-0.15, -0.1) is 0 Å². The predicted molar refractivity (Wildman–Crippen MR) is 72.4 cm³/mol. The zero-order valence-electron chi connectivity index (χ0n) is 11.8. The quantitative estimate of drug-likeness (QED) is 0.785. The van der Waals surface area contributed by atoms with Crippen molar-refractivity contribution in [3.05, 3.63) is 29.8 Å². The van der Waals surface area contributed by atoms with E-state index in [2.05, 4.69) is 23.7 Å². The molecule has 1 heterocycles. The number of hydrogen-bond acceptors (Lipinski definition) is 4. The molecule has 0 aromatic carbocycles. The molecule has 108 valence electrons. The fourth-order valence-corrected chi connectivity index (χ4v) is 1.86. The van der Waals surface area contributed by atoms with Gasteiger partial charge in [0.15, 0.2) is 0 Å². The third kappa shape index (κ3) is 5.63. The van der Waals surface area contributed by atoms with Gasteiger partial charge in [-0.1, -0.05) is 0 Å². The Morgan fingerprint density at radius 3 is 2.63 bits per heavy atom. The fraction of sp³-hybridized carbons (Fsp3) is 0.643. The molecule has 0 radical (unpaired) electrons. The average molecular weight is 270 g/mol. The van der Waals surface area contributed by atoms with Gasteiger partial charge in [-0.05, 0) is 32.4 Å². The van der Waals surface area contributed by atoms with Crippen LogP contribution in [0.15, 0.2) is 18.3 Å². The minimum Gasteiger partial charge on any atom is -0.387 e. The van der Waals surface area contributed by atoms with Crippen molar-refractivity contribution in [3.63, 3.8) is 0 Å². The molecule has 0 aliphatic heterocycles. The Bertz CT molecular complexity index is 357. The number of nitrogens with zero attached hydrogens (tertiary/aromatic N) is 2. The van der Waals surface area contributed by atoms with Crippen molar-refractivity contribution in [2.24, 2.45) is 0 Å². The molecule has 1 aromatic rings. The van der Waals surface area contributed by atoms with Crippen LogP contribution in [0.1, 0.15) is 32.1 Å². The molecule has 0 aliphatic carbocycles. The molecule has 0 bridgehead atoms. The first-order chi connectivity index (χ1) is 9.04. The van der Waals surface area contributed by atoms with Crippen molar-refractivity contribution in [1.82, 2.24) is 9.88 Å². The lowest BCUT2D eigenvalue weighted by molar-refractivity contribution is 0.100. The normalized spacial score (nSPS) is 13.2. The summed E-state index contributed by atoms with van der Waals surface area (Å²) in [7, 11) is 1.68. The molecule has 0 spiro atoms. The van der Waals surface area contributed by atoms with E-state index in [1.165, 1.54) is 12.1 Å². The molecule has 1 atom stereocenters. The number of aliphatic hydroxyl groups is 1. The maximum Gasteiger partial charge on any atom is 0.141 e. The summed E-state index contributed by atoms with van der Waals surface area (Å²) in [4.78, 5) is 6.13. The summed E-state index contributed by atoms with van der Waals surface area (Å²) in [5.74, 6) is -0.389. The summed E-state index contributed by atoms with van der Waals surface area (Å²) in [6, 6.07) is 3.23. The van der Waals surface area contributed by atoms with Crippen LogP contribution in [0.2, 0.25) is 0 Å². The highest BCUT2D eigenvalue weighted by Gasteiger charge is 2.14. The molecule has 19 heavy (non-hydrogen) atoms. The Morgan fingerprint density at radius 1 is 1.37 bits per heavy atom. The van der Waals surface area contributed by atoms with Crippen LogP contribution in [-0.2, 0) is 4.74 Å². The molecule has 1 unspecified atom stereocenters. The smallest absolute Gasteiger partial charge is 0.141 e. The molecule has 0 aliphatic rings. The molecule has 1 N–H and O–H groups in total. The molecule has 1 rings (SSSR count). The van der Waals surface area contributed by atoms with Crippen LogP contribution >= 0.6 is 0 Å². The number of rotatable bonds is 8. The molecule has 0 saturated carbocycles. The van der Waals surface area contributed by atoms with Gasteiger partial charge >= 0.3 is 0 Å². The maximum absolute atomic E-state index is 12.7. The Balaban J connectivity index is 2.46. The van der Waals surface area contributed by atoms with E-state index in [1.807, 2.05) is 0 Å². The largest absolute Gasteiger partial charge is 0.387 e. The molecule has 0 saturated heterocycles. The SMILES string of the molecule is COCCN(CCC(O)c1ccc(F)cn1)C(C)C. The third-order valence-electron chi connectivity index (χ3n) is 3.09. The molecular weight excluding hydrogens is 247 g/mol. The Labute approximate surface area is 114 Å². The summed E-state index contributed by atoms with van der Waals surface area (Å²) in [5, 5.41) is 10.0. The first kappa shape index (κ1) is 16.0. The highest BCUT2D eigenvalue weighted by atomic mass is 19.1. The lowest BCUT2D eigenvalue weighted by Gasteiger charge is -2.27. The summed E-state index contributed by atoms with van der Waals surface area (Å²) in [6.45, 7) is 6.47. The minimum absolute atomic E-state index is 0.389. The van der Waals surface area contributed by atoms with Gasteiger partial charge in [-0.25, -0.2) is 4.39 Å². The summed E-state index contributed by atoms with van der Waals surface area (Å²) in [5.41, 5.74) is 0.511. The lowest BCUT2D eigenvalue weighted by atomic mass is 10.1. The molecule has 5 heteroatoms. The van der Waals surface area contributed by atoms with Crippen LogP contribution in [-0.4, -0.2) is 47.8 Å². The predicted octanol–water partition coefficient (Wildman–Crippen LogP) is 2.00. The Morgan fingerprint density at radius 2 is 2.11 bits per heavy atom. The van der Waals surface area contributed by atoms with Crippen LogP contribution in [0.3, 0.4) is 0 Å². The van der Waals surface area contributed by atoms with E-state index in [0.717, 1.165) is 19.3 Å². The number of hydrogen-bond donors (Lipinski definition) is 1. The van der Waals surface area contributed by atoms with Gasteiger partial charge < -0.3 is 9.84 Å². The van der Waals surface area contributed by atoms with Gasteiger partial charge in [0, 0.05) is 26.2 Å². The third-order valence-corrected chi connectivity index (χ3v) is 3.09. The zero-order chi connectivity index (χ0) is 14.3. The molecular formula is C14H23FN2O2. The lowest BCUT2D eigenvalue weighted by Crippen LogP contribution is -2.35. The van der Waals surface area contributed by atoms with Crippen LogP contribution in [0.5, 0.6) is 0 Å². The van der Waals surface area contributed by atoms with Crippen LogP contribution in [0.4, 0.5) is 4.39 Å². The van der Waals surface area contributed by atoms with Gasteiger partial charge in [0.1, 0.15) is 5.82 Å². The second kappa shape index (κ2) is 8.19. The van der Waals surface area contributed by atoms with E-state index in [0.29, 0.717) is 24.8 Å². The van der Waals surface area contributed by atoms with Crippen molar-refractivity contribution < 1.29 is 14.2 Å². The highest BCUT2D eigenvalue weighted by Crippen LogP contribution is 2.15. The van der Waals surface area contributed by atoms with E-state index in [-0.39, 0.29) is 5.82 Å². The highest BCUT2D eigenvalue weighted by molar-refractivity contribution is 5.07. The molecule has 0 fully saturated rings. The van der Waals surface area contributed by atoms with E-state index in [4.69, 9.17) is 4.74 Å². The number of ether oxygens (including phenoxy) is 1. The number of pyridine rings is 1. The number of aliphatic hydroxyl groups excluding tert-OH is 1. The molecule has 1 aromatic heterocycles. The summed E-state index contributed by atoms with van der Waals surface area (Å²) in [6.07, 6.45) is 1.04. The summed E-state index contributed by atoms with van der Waals surface area (Å²) < 4.78 is 17.8. The Hall–Kier alpha value is -1.04. The summed E-state index contributed by atoms with van der Waals surface area (Å²) >= 11 is 0. The first-order valence-electron chi connectivity index (χ1n) is 6.57. The fourth-order valence-electron chi connectivity index (χ4n) is 1.86. The Kier molecular flexibility index (Phi) is 6.91.